The largest absolute Gasteiger partial charge is 1.00 e. The van der Waals surface area contributed by atoms with Crippen LogP contribution in [0.15, 0.2) is 42.5 Å². The van der Waals surface area contributed by atoms with Gasteiger partial charge in [-0.05, 0) is 33.6 Å². The number of allylic oxidation sites excluding steroid dienone is 1. The number of carbonyl (C=O) groups excluding carboxylic acids is 1. The summed E-state index contributed by atoms with van der Waals surface area (Å²) in [6.07, 6.45) is 5.18. The van der Waals surface area contributed by atoms with Crippen molar-refractivity contribution >= 4 is 5.97 Å². The normalized spacial score (nSPS) is 11.3. The number of carbonyl (C=O) groups is 1. The number of rotatable bonds is 10. The summed E-state index contributed by atoms with van der Waals surface area (Å²) < 4.78 is 6.24. The summed E-state index contributed by atoms with van der Waals surface area (Å²) >= 11 is 0. The zero-order chi connectivity index (χ0) is 16.3. The highest BCUT2D eigenvalue weighted by molar-refractivity contribution is 5.81. The van der Waals surface area contributed by atoms with Crippen molar-refractivity contribution in [1.82, 2.24) is 0 Å². The van der Waals surface area contributed by atoms with Crippen molar-refractivity contribution in [2.24, 2.45) is 0 Å². The Kier molecular flexibility index (Phi) is 11.0. The van der Waals surface area contributed by atoms with E-state index in [1.54, 1.807) is 6.08 Å². The highest BCUT2D eigenvalue weighted by Crippen LogP contribution is 2.16. The number of ether oxygens (including phenoxy) is 1. The van der Waals surface area contributed by atoms with E-state index in [0.717, 1.165) is 43.5 Å². The fraction of sp³-hybridized carbons (Fsp3) is 0.526. The van der Waals surface area contributed by atoms with Crippen molar-refractivity contribution in [3.8, 4) is 0 Å². The zero-order valence-electron chi connectivity index (χ0n) is 14.6. The lowest BCUT2D eigenvalue weighted by molar-refractivity contribution is -0.938. The molecular formula is C19H30FNO2. The molecule has 0 bridgehead atoms. The first-order valence-corrected chi connectivity index (χ1v) is 8.34. The standard InChI is InChI=1S/C19H30NO2.FH/c1-4-12-19(21)22-16-11-10-15-20(5-2,6-3)17-18-13-8-7-9-14-18;/h4,7-9,12-14H,5-6,10-11,15-17H2,1-3H3;1H/q+1;/p-1. The van der Waals surface area contributed by atoms with Gasteiger partial charge in [0.1, 0.15) is 6.54 Å². The molecule has 0 spiro atoms. The third kappa shape index (κ3) is 7.93. The molecule has 0 unspecified atom stereocenters. The first kappa shape index (κ1) is 21.3. The van der Waals surface area contributed by atoms with Gasteiger partial charge in [-0.25, -0.2) is 4.79 Å². The van der Waals surface area contributed by atoms with Gasteiger partial charge in [-0.2, -0.15) is 0 Å². The van der Waals surface area contributed by atoms with Gasteiger partial charge in [0.2, 0.25) is 0 Å². The van der Waals surface area contributed by atoms with Gasteiger partial charge in [-0.15, -0.1) is 0 Å². The van der Waals surface area contributed by atoms with Gasteiger partial charge in [0.25, 0.3) is 0 Å². The van der Waals surface area contributed by atoms with E-state index in [-0.39, 0.29) is 10.7 Å². The fourth-order valence-corrected chi connectivity index (χ4v) is 2.72. The molecule has 0 N–H and O–H groups in total. The molecule has 1 rings (SSSR count). The van der Waals surface area contributed by atoms with Crippen molar-refractivity contribution in [3.05, 3.63) is 48.0 Å². The average Bonchev–Trinajstić information content (AvgIpc) is 2.54. The molecule has 0 saturated heterocycles. The second kappa shape index (κ2) is 11.8. The van der Waals surface area contributed by atoms with Crippen molar-refractivity contribution in [2.75, 3.05) is 26.2 Å². The molecule has 0 fully saturated rings. The molecule has 0 aliphatic carbocycles. The Morgan fingerprint density at radius 1 is 1.13 bits per heavy atom. The van der Waals surface area contributed by atoms with Gasteiger partial charge < -0.3 is 13.9 Å². The number of unbranched alkanes of at least 4 members (excludes halogenated alkanes) is 1. The summed E-state index contributed by atoms with van der Waals surface area (Å²) in [4.78, 5) is 11.2. The summed E-state index contributed by atoms with van der Waals surface area (Å²) in [5.74, 6) is -0.237. The van der Waals surface area contributed by atoms with E-state index in [1.165, 1.54) is 11.6 Å². The van der Waals surface area contributed by atoms with Gasteiger partial charge in [0.15, 0.2) is 0 Å². The van der Waals surface area contributed by atoms with Gasteiger partial charge in [0.05, 0.1) is 26.2 Å². The second-order valence-corrected chi connectivity index (χ2v) is 5.72. The minimum absolute atomic E-state index is 0. The van der Waals surface area contributed by atoms with Crippen molar-refractivity contribution in [3.63, 3.8) is 0 Å². The van der Waals surface area contributed by atoms with Crippen molar-refractivity contribution in [2.45, 2.75) is 40.2 Å². The molecule has 1 aromatic rings. The smallest absolute Gasteiger partial charge is 0.330 e. The van der Waals surface area contributed by atoms with E-state index in [0.29, 0.717) is 6.61 Å². The summed E-state index contributed by atoms with van der Waals surface area (Å²) in [5.41, 5.74) is 1.39. The molecule has 130 valence electrons. The fourth-order valence-electron chi connectivity index (χ4n) is 2.72. The van der Waals surface area contributed by atoms with Crippen LogP contribution in [0.1, 0.15) is 39.2 Å². The number of hydrogen-bond acceptors (Lipinski definition) is 2. The molecular weight excluding hydrogens is 293 g/mol. The maximum absolute atomic E-state index is 11.2. The zero-order valence-corrected chi connectivity index (χ0v) is 14.6. The summed E-state index contributed by atoms with van der Waals surface area (Å²) in [6.45, 7) is 11.3. The molecule has 0 amide bonds. The van der Waals surface area contributed by atoms with Gasteiger partial charge in [-0.3, -0.25) is 0 Å². The van der Waals surface area contributed by atoms with E-state index in [1.807, 2.05) is 6.92 Å². The summed E-state index contributed by atoms with van der Waals surface area (Å²) in [7, 11) is 0. The lowest BCUT2D eigenvalue weighted by Crippen LogP contribution is -3.00. The Hall–Kier alpha value is -1.68. The van der Waals surface area contributed by atoms with Crippen LogP contribution >= 0.6 is 0 Å². The number of benzene rings is 1. The Morgan fingerprint density at radius 2 is 1.78 bits per heavy atom. The third-order valence-electron chi connectivity index (χ3n) is 4.28. The summed E-state index contributed by atoms with van der Waals surface area (Å²) in [6, 6.07) is 10.7. The molecule has 0 heterocycles. The highest BCUT2D eigenvalue weighted by atomic mass is 19.0. The summed E-state index contributed by atoms with van der Waals surface area (Å²) in [5, 5.41) is 0. The van der Waals surface area contributed by atoms with Crippen LogP contribution in [0.25, 0.3) is 0 Å². The van der Waals surface area contributed by atoms with Gasteiger partial charge >= 0.3 is 5.97 Å². The molecule has 4 heteroatoms. The Balaban J connectivity index is 0.00000484. The van der Waals surface area contributed by atoms with E-state index in [4.69, 9.17) is 4.74 Å². The number of halogens is 1. The molecule has 0 aliphatic heterocycles. The first-order chi connectivity index (χ1) is 10.7. The van der Waals surface area contributed by atoms with Crippen LogP contribution in [0.2, 0.25) is 0 Å². The third-order valence-corrected chi connectivity index (χ3v) is 4.28. The Labute approximate surface area is 139 Å². The van der Waals surface area contributed by atoms with E-state index in [9.17, 15) is 4.79 Å². The first-order valence-electron chi connectivity index (χ1n) is 8.34. The maximum Gasteiger partial charge on any atom is 0.330 e. The minimum atomic E-state index is -0.237. The number of esters is 1. The molecule has 1 aromatic carbocycles. The van der Waals surface area contributed by atoms with Crippen LogP contribution in [-0.4, -0.2) is 36.7 Å². The molecule has 0 radical (unpaired) electrons. The van der Waals surface area contributed by atoms with Crippen LogP contribution in [0.5, 0.6) is 0 Å². The molecule has 0 aliphatic rings. The van der Waals surface area contributed by atoms with Crippen molar-refractivity contribution in [1.29, 1.82) is 0 Å². The molecule has 0 aromatic heterocycles. The quantitative estimate of drug-likeness (QED) is 0.277. The molecule has 3 nitrogen and oxygen atoms in total. The minimum Gasteiger partial charge on any atom is -1.00 e. The number of hydrogen-bond donors (Lipinski definition) is 0. The number of quaternary nitrogens is 1. The predicted molar refractivity (Wildman–Crippen MR) is 91.4 cm³/mol. The second-order valence-electron chi connectivity index (χ2n) is 5.72. The van der Waals surface area contributed by atoms with Crippen LogP contribution in [0, 0.1) is 0 Å². The van der Waals surface area contributed by atoms with Gasteiger partial charge in [0, 0.05) is 11.6 Å². The van der Waals surface area contributed by atoms with Crippen LogP contribution in [0.3, 0.4) is 0 Å². The van der Waals surface area contributed by atoms with E-state index >= 15 is 0 Å². The number of nitrogens with zero attached hydrogens (tertiary/aromatic N) is 1. The monoisotopic (exact) mass is 323 g/mol. The van der Waals surface area contributed by atoms with E-state index < -0.39 is 0 Å². The topological polar surface area (TPSA) is 26.3 Å². The lowest BCUT2D eigenvalue weighted by atomic mass is 10.1. The van der Waals surface area contributed by atoms with Crippen molar-refractivity contribution < 1.29 is 18.7 Å². The van der Waals surface area contributed by atoms with E-state index in [2.05, 4.69) is 44.2 Å². The SMILES string of the molecule is CC=CC(=O)OCCCC[N+](CC)(CC)Cc1ccccc1.[F-]. The molecule has 23 heavy (non-hydrogen) atoms. The van der Waals surface area contributed by atoms with Crippen LogP contribution < -0.4 is 4.70 Å². The lowest BCUT2D eigenvalue weighted by Gasteiger charge is -2.37. The molecule has 0 atom stereocenters. The Morgan fingerprint density at radius 3 is 2.35 bits per heavy atom. The average molecular weight is 323 g/mol. The van der Waals surface area contributed by atoms with Crippen LogP contribution in [0.4, 0.5) is 0 Å². The van der Waals surface area contributed by atoms with Crippen LogP contribution in [-0.2, 0) is 16.1 Å². The molecule has 0 saturated carbocycles. The van der Waals surface area contributed by atoms with Gasteiger partial charge in [-0.1, -0.05) is 36.4 Å². The Bertz CT molecular complexity index is 456. The highest BCUT2D eigenvalue weighted by Gasteiger charge is 2.23. The maximum atomic E-state index is 11.2. The predicted octanol–water partition coefficient (Wildman–Crippen LogP) is 0.947.